The number of likely N-dealkylation sites (N-methyl/N-ethyl adjacent to an activating group) is 1. The minimum Gasteiger partial charge on any atom is -0.482 e. The second-order valence-electron chi connectivity index (χ2n) is 4.25. The van der Waals surface area contributed by atoms with Crippen LogP contribution in [0.25, 0.3) is 0 Å². The first-order chi connectivity index (χ1) is 10.0. The van der Waals surface area contributed by atoms with E-state index in [9.17, 15) is 9.59 Å². The molecular formula is C14H21Cl2N3O3. The van der Waals surface area contributed by atoms with Gasteiger partial charge < -0.3 is 20.7 Å². The van der Waals surface area contributed by atoms with Crippen molar-refractivity contribution in [3.63, 3.8) is 0 Å². The van der Waals surface area contributed by atoms with Gasteiger partial charge in [0.2, 0.25) is 5.91 Å². The number of nitrogens with zero attached hydrogens (tertiary/aromatic N) is 1. The highest BCUT2D eigenvalue weighted by molar-refractivity contribution is 6.32. The van der Waals surface area contributed by atoms with Crippen molar-refractivity contribution in [2.24, 2.45) is 5.73 Å². The molecule has 1 aromatic rings. The lowest BCUT2D eigenvalue weighted by Gasteiger charge is -2.19. The quantitative estimate of drug-likeness (QED) is 0.787. The molecule has 22 heavy (non-hydrogen) atoms. The molecule has 0 aliphatic heterocycles. The normalized spacial score (nSPS) is 9.64. The van der Waals surface area contributed by atoms with Crippen molar-refractivity contribution >= 4 is 41.5 Å². The average Bonchev–Trinajstić information content (AvgIpc) is 2.47. The number of halogens is 2. The van der Waals surface area contributed by atoms with Crippen LogP contribution in [-0.2, 0) is 9.59 Å². The fourth-order valence-electron chi connectivity index (χ4n) is 1.71. The number of hydrogen-bond acceptors (Lipinski definition) is 4. The Kier molecular flexibility index (Phi) is 9.56. The van der Waals surface area contributed by atoms with Gasteiger partial charge in [0.1, 0.15) is 5.75 Å². The summed E-state index contributed by atoms with van der Waals surface area (Å²) in [6.07, 6.45) is 0. The van der Waals surface area contributed by atoms with Gasteiger partial charge in [-0.25, -0.2) is 0 Å². The van der Waals surface area contributed by atoms with Crippen molar-refractivity contribution in [1.82, 2.24) is 4.90 Å². The number of anilines is 1. The van der Waals surface area contributed by atoms with Crippen molar-refractivity contribution in [2.75, 3.05) is 31.6 Å². The number of ether oxygens (including phenoxy) is 1. The van der Waals surface area contributed by atoms with E-state index in [-0.39, 0.29) is 37.4 Å². The van der Waals surface area contributed by atoms with E-state index in [2.05, 4.69) is 5.32 Å². The molecule has 0 aliphatic carbocycles. The Morgan fingerprint density at radius 1 is 1.32 bits per heavy atom. The molecule has 0 spiro atoms. The van der Waals surface area contributed by atoms with Crippen LogP contribution in [0.2, 0.25) is 5.02 Å². The van der Waals surface area contributed by atoms with Crippen LogP contribution in [0.5, 0.6) is 5.75 Å². The minimum absolute atomic E-state index is 0. The maximum Gasteiger partial charge on any atom is 0.260 e. The van der Waals surface area contributed by atoms with Crippen molar-refractivity contribution in [3.05, 3.63) is 23.2 Å². The number of benzene rings is 1. The van der Waals surface area contributed by atoms with Gasteiger partial charge in [-0.05, 0) is 32.0 Å². The van der Waals surface area contributed by atoms with E-state index in [0.29, 0.717) is 29.5 Å². The predicted molar refractivity (Wildman–Crippen MR) is 89.8 cm³/mol. The molecule has 0 unspecified atom stereocenters. The van der Waals surface area contributed by atoms with Gasteiger partial charge >= 0.3 is 0 Å². The molecule has 0 fully saturated rings. The molecule has 0 bridgehead atoms. The average molecular weight is 350 g/mol. The van der Waals surface area contributed by atoms with Crippen LogP contribution in [-0.4, -0.2) is 43.0 Å². The van der Waals surface area contributed by atoms with Gasteiger partial charge in [-0.1, -0.05) is 11.6 Å². The number of rotatable bonds is 7. The standard InChI is InChI=1S/C14H20ClN3O3.ClH/c1-3-18(4-2)14(20)9-21-12-6-5-10(7-11(12)15)17-13(19)8-16;/h5-7H,3-4,8-9,16H2,1-2H3,(H,17,19);1H. The lowest BCUT2D eigenvalue weighted by atomic mass is 10.3. The summed E-state index contributed by atoms with van der Waals surface area (Å²) in [6, 6.07) is 4.78. The van der Waals surface area contributed by atoms with Gasteiger partial charge in [-0.2, -0.15) is 0 Å². The number of carbonyl (C=O) groups excluding carboxylic acids is 2. The lowest BCUT2D eigenvalue weighted by Crippen LogP contribution is -2.34. The zero-order chi connectivity index (χ0) is 15.8. The van der Waals surface area contributed by atoms with Crippen LogP contribution >= 0.6 is 24.0 Å². The van der Waals surface area contributed by atoms with Gasteiger partial charge in [0.15, 0.2) is 6.61 Å². The number of carbonyl (C=O) groups is 2. The summed E-state index contributed by atoms with van der Waals surface area (Å²) in [4.78, 5) is 24.7. The highest BCUT2D eigenvalue weighted by Gasteiger charge is 2.12. The summed E-state index contributed by atoms with van der Waals surface area (Å²) in [5.41, 5.74) is 5.74. The molecule has 0 aliphatic rings. The Morgan fingerprint density at radius 3 is 2.45 bits per heavy atom. The smallest absolute Gasteiger partial charge is 0.260 e. The fraction of sp³-hybridized carbons (Fsp3) is 0.429. The molecule has 0 aromatic heterocycles. The largest absolute Gasteiger partial charge is 0.482 e. The lowest BCUT2D eigenvalue weighted by molar-refractivity contribution is -0.133. The maximum absolute atomic E-state index is 11.8. The fourth-order valence-corrected chi connectivity index (χ4v) is 1.95. The predicted octanol–water partition coefficient (Wildman–Crippen LogP) is 1.91. The molecule has 8 heteroatoms. The highest BCUT2D eigenvalue weighted by atomic mass is 35.5. The summed E-state index contributed by atoms with van der Waals surface area (Å²) in [7, 11) is 0. The van der Waals surface area contributed by atoms with Crippen LogP contribution in [0.3, 0.4) is 0 Å². The van der Waals surface area contributed by atoms with E-state index >= 15 is 0 Å². The molecule has 3 N–H and O–H groups in total. The first-order valence-electron chi connectivity index (χ1n) is 6.71. The van der Waals surface area contributed by atoms with Gasteiger partial charge in [0, 0.05) is 18.8 Å². The Bertz CT molecular complexity index is 508. The molecule has 0 radical (unpaired) electrons. The second kappa shape index (κ2) is 10.3. The molecule has 0 atom stereocenters. The molecule has 0 saturated heterocycles. The molecular weight excluding hydrogens is 329 g/mol. The highest BCUT2D eigenvalue weighted by Crippen LogP contribution is 2.27. The van der Waals surface area contributed by atoms with Crippen molar-refractivity contribution < 1.29 is 14.3 Å². The van der Waals surface area contributed by atoms with Crippen LogP contribution < -0.4 is 15.8 Å². The summed E-state index contributed by atoms with van der Waals surface area (Å²) in [5.74, 6) is -0.0176. The van der Waals surface area contributed by atoms with Gasteiger partial charge in [0.05, 0.1) is 11.6 Å². The van der Waals surface area contributed by atoms with Gasteiger partial charge in [0.25, 0.3) is 5.91 Å². The summed E-state index contributed by atoms with van der Waals surface area (Å²) >= 11 is 6.05. The molecule has 124 valence electrons. The summed E-state index contributed by atoms with van der Waals surface area (Å²) in [6.45, 7) is 4.91. The molecule has 1 aromatic carbocycles. The zero-order valence-corrected chi connectivity index (χ0v) is 14.2. The molecule has 6 nitrogen and oxygen atoms in total. The van der Waals surface area contributed by atoms with Crippen LogP contribution in [0.15, 0.2) is 18.2 Å². The number of nitrogens with two attached hydrogens (primary N) is 1. The third kappa shape index (κ3) is 6.09. The number of nitrogens with one attached hydrogen (secondary N) is 1. The SMILES string of the molecule is CCN(CC)C(=O)COc1ccc(NC(=O)CN)cc1Cl.Cl. The maximum atomic E-state index is 11.8. The Balaban J connectivity index is 0.00000441. The summed E-state index contributed by atoms with van der Waals surface area (Å²) in [5, 5.41) is 2.90. The Morgan fingerprint density at radius 2 is 1.95 bits per heavy atom. The van der Waals surface area contributed by atoms with Crippen molar-refractivity contribution in [3.8, 4) is 5.75 Å². The van der Waals surface area contributed by atoms with E-state index in [1.165, 1.54) is 0 Å². The van der Waals surface area contributed by atoms with E-state index < -0.39 is 0 Å². The monoisotopic (exact) mass is 349 g/mol. The first-order valence-corrected chi connectivity index (χ1v) is 7.09. The summed E-state index contributed by atoms with van der Waals surface area (Å²) < 4.78 is 5.41. The van der Waals surface area contributed by atoms with E-state index in [1.54, 1.807) is 23.1 Å². The zero-order valence-electron chi connectivity index (χ0n) is 12.6. The third-order valence-corrected chi connectivity index (χ3v) is 3.16. The van der Waals surface area contributed by atoms with Crippen LogP contribution in [0.4, 0.5) is 5.69 Å². The Hall–Kier alpha value is -1.50. The minimum atomic E-state index is -0.309. The molecule has 0 saturated carbocycles. The van der Waals surface area contributed by atoms with Gasteiger partial charge in [-0.15, -0.1) is 12.4 Å². The number of amides is 2. The number of hydrogen-bond donors (Lipinski definition) is 2. The topological polar surface area (TPSA) is 84.7 Å². The molecule has 1 rings (SSSR count). The van der Waals surface area contributed by atoms with Gasteiger partial charge in [-0.3, -0.25) is 9.59 Å². The van der Waals surface area contributed by atoms with Crippen molar-refractivity contribution in [2.45, 2.75) is 13.8 Å². The van der Waals surface area contributed by atoms with E-state index in [0.717, 1.165) is 0 Å². The van der Waals surface area contributed by atoms with E-state index in [1.807, 2.05) is 13.8 Å². The van der Waals surface area contributed by atoms with E-state index in [4.69, 9.17) is 22.1 Å². The molecule has 2 amide bonds. The molecule has 0 heterocycles. The Labute approximate surface area is 141 Å². The van der Waals surface area contributed by atoms with Crippen LogP contribution in [0, 0.1) is 0 Å². The van der Waals surface area contributed by atoms with Crippen LogP contribution in [0.1, 0.15) is 13.8 Å². The first kappa shape index (κ1) is 20.5. The second-order valence-corrected chi connectivity index (χ2v) is 4.66. The third-order valence-electron chi connectivity index (χ3n) is 2.87. The van der Waals surface area contributed by atoms with Crippen molar-refractivity contribution in [1.29, 1.82) is 0 Å².